The lowest BCUT2D eigenvalue weighted by molar-refractivity contribution is 0.477. The van der Waals surface area contributed by atoms with E-state index >= 15 is 0 Å². The van der Waals surface area contributed by atoms with Crippen LogP contribution < -0.4 is 5.73 Å². The number of nitrogen functional groups attached to an aromatic ring is 1. The van der Waals surface area contributed by atoms with Gasteiger partial charge in [0.05, 0.1) is 0 Å². The first-order valence-electron chi connectivity index (χ1n) is 6.74. The average Bonchev–Trinajstić information content (AvgIpc) is 2.84. The maximum Gasteiger partial charge on any atom is 0.125 e. The number of nitrogens with zero attached hydrogens (tertiary/aromatic N) is 2. The Bertz CT molecular complexity index is 788. The summed E-state index contributed by atoms with van der Waals surface area (Å²) < 4.78 is 1.75. The van der Waals surface area contributed by atoms with Crippen LogP contribution in [0, 0.1) is 6.92 Å². The Labute approximate surface area is 123 Å². The largest absolute Gasteiger partial charge is 0.507 e. The smallest absolute Gasteiger partial charge is 0.125 e. The molecule has 0 fully saturated rings. The van der Waals surface area contributed by atoms with Crippen LogP contribution >= 0.6 is 0 Å². The maximum atomic E-state index is 10.1. The summed E-state index contributed by atoms with van der Waals surface area (Å²) in [5.74, 6) is 0.232. The molecule has 1 aromatic heterocycles. The van der Waals surface area contributed by atoms with Crippen molar-refractivity contribution in [2.45, 2.75) is 6.92 Å². The van der Waals surface area contributed by atoms with Crippen molar-refractivity contribution in [1.29, 1.82) is 0 Å². The number of benzene rings is 2. The van der Waals surface area contributed by atoms with Gasteiger partial charge in [0, 0.05) is 30.1 Å². The van der Waals surface area contributed by atoms with Gasteiger partial charge in [0.15, 0.2) is 0 Å². The molecule has 0 spiro atoms. The molecule has 3 aromatic rings. The molecular formula is C17H17N3O. The van der Waals surface area contributed by atoms with Gasteiger partial charge >= 0.3 is 0 Å². The van der Waals surface area contributed by atoms with E-state index in [0.717, 1.165) is 33.6 Å². The minimum atomic E-state index is 0.232. The monoisotopic (exact) mass is 279 g/mol. The highest BCUT2D eigenvalue weighted by Gasteiger charge is 2.15. The van der Waals surface area contributed by atoms with Crippen molar-refractivity contribution in [3.63, 3.8) is 0 Å². The second-order valence-corrected chi connectivity index (χ2v) is 5.21. The number of nitrogens with two attached hydrogens (primary N) is 1. The first-order valence-corrected chi connectivity index (χ1v) is 6.74. The van der Waals surface area contributed by atoms with Gasteiger partial charge in [-0.05, 0) is 36.8 Å². The topological polar surface area (TPSA) is 64.1 Å². The van der Waals surface area contributed by atoms with Crippen LogP contribution in [0.1, 0.15) is 5.56 Å². The molecule has 0 atom stereocenters. The number of aromatic nitrogens is 2. The van der Waals surface area contributed by atoms with Crippen LogP contribution in [0.15, 0.2) is 48.7 Å². The summed E-state index contributed by atoms with van der Waals surface area (Å²) in [5.41, 5.74) is 11.0. The second-order valence-electron chi connectivity index (χ2n) is 5.21. The fourth-order valence-electron chi connectivity index (χ4n) is 2.40. The minimum Gasteiger partial charge on any atom is -0.507 e. The molecule has 0 unspecified atom stereocenters. The normalized spacial score (nSPS) is 10.8. The summed E-state index contributed by atoms with van der Waals surface area (Å²) >= 11 is 0. The third kappa shape index (κ3) is 2.48. The van der Waals surface area contributed by atoms with E-state index in [1.807, 2.05) is 56.6 Å². The second kappa shape index (κ2) is 4.98. The molecule has 0 aliphatic carbocycles. The van der Waals surface area contributed by atoms with Crippen LogP contribution in [0.3, 0.4) is 0 Å². The number of anilines is 1. The number of aromatic hydroxyl groups is 1. The molecular weight excluding hydrogens is 262 g/mol. The highest BCUT2D eigenvalue weighted by atomic mass is 16.3. The van der Waals surface area contributed by atoms with E-state index in [-0.39, 0.29) is 5.75 Å². The summed E-state index contributed by atoms with van der Waals surface area (Å²) in [6.45, 7) is 1.99. The predicted octanol–water partition coefficient (Wildman–Crippen LogP) is 3.35. The Morgan fingerprint density at radius 1 is 1.05 bits per heavy atom. The van der Waals surface area contributed by atoms with Crippen LogP contribution in [0.5, 0.6) is 5.75 Å². The van der Waals surface area contributed by atoms with Crippen molar-refractivity contribution < 1.29 is 5.11 Å². The summed E-state index contributed by atoms with van der Waals surface area (Å²) in [4.78, 5) is 0. The lowest BCUT2D eigenvalue weighted by Gasteiger charge is -2.06. The molecule has 2 aromatic carbocycles. The molecule has 0 aliphatic rings. The molecule has 0 amide bonds. The summed E-state index contributed by atoms with van der Waals surface area (Å²) in [6, 6.07) is 13.2. The Hall–Kier alpha value is -2.75. The predicted molar refractivity (Wildman–Crippen MR) is 84.9 cm³/mol. The fraction of sp³-hybridized carbons (Fsp3) is 0.118. The zero-order valence-electron chi connectivity index (χ0n) is 12.0. The molecule has 0 bridgehead atoms. The summed E-state index contributed by atoms with van der Waals surface area (Å²) in [7, 11) is 1.87. The van der Waals surface area contributed by atoms with Gasteiger partial charge in [0.25, 0.3) is 0 Å². The first-order chi connectivity index (χ1) is 10.0. The van der Waals surface area contributed by atoms with Gasteiger partial charge in [-0.15, -0.1) is 0 Å². The lowest BCUT2D eigenvalue weighted by Crippen LogP contribution is -1.89. The van der Waals surface area contributed by atoms with Gasteiger partial charge in [-0.25, -0.2) is 0 Å². The Kier molecular flexibility index (Phi) is 3.14. The van der Waals surface area contributed by atoms with Crippen molar-refractivity contribution in [2.75, 3.05) is 5.73 Å². The van der Waals surface area contributed by atoms with Crippen LogP contribution in [-0.2, 0) is 7.05 Å². The number of phenols is 1. The quantitative estimate of drug-likeness (QED) is 0.707. The Balaban J connectivity index is 2.20. The molecule has 4 nitrogen and oxygen atoms in total. The van der Waals surface area contributed by atoms with Crippen molar-refractivity contribution in [3.05, 3.63) is 54.2 Å². The molecule has 4 heteroatoms. The molecule has 1 heterocycles. The van der Waals surface area contributed by atoms with Crippen LogP contribution in [0.2, 0.25) is 0 Å². The van der Waals surface area contributed by atoms with Gasteiger partial charge in [-0.2, -0.15) is 5.10 Å². The van der Waals surface area contributed by atoms with E-state index in [2.05, 4.69) is 5.10 Å². The summed E-state index contributed by atoms with van der Waals surface area (Å²) in [5, 5.41) is 14.7. The Morgan fingerprint density at radius 2 is 1.76 bits per heavy atom. The third-order valence-corrected chi connectivity index (χ3v) is 3.46. The van der Waals surface area contributed by atoms with E-state index in [1.54, 1.807) is 10.7 Å². The summed E-state index contributed by atoms with van der Waals surface area (Å²) in [6.07, 6.45) is 1.95. The number of hydrogen-bond acceptors (Lipinski definition) is 3. The van der Waals surface area contributed by atoms with Crippen LogP contribution in [0.4, 0.5) is 5.69 Å². The average molecular weight is 279 g/mol. The first kappa shape index (κ1) is 13.2. The number of hydrogen-bond donors (Lipinski definition) is 2. The standard InChI is InChI=1S/C17H17N3O/c1-11-3-8-16(21)14(9-11)17-15(10-20(2)19-17)12-4-6-13(18)7-5-12/h3-10,21H,18H2,1-2H3. The fourth-order valence-corrected chi connectivity index (χ4v) is 2.40. The van der Waals surface area contributed by atoms with Gasteiger partial charge in [0.1, 0.15) is 11.4 Å². The molecule has 0 saturated carbocycles. The molecule has 0 radical (unpaired) electrons. The zero-order valence-corrected chi connectivity index (χ0v) is 12.0. The molecule has 21 heavy (non-hydrogen) atoms. The Morgan fingerprint density at radius 3 is 2.48 bits per heavy atom. The van der Waals surface area contributed by atoms with E-state index in [0.29, 0.717) is 0 Å². The van der Waals surface area contributed by atoms with Gasteiger partial charge < -0.3 is 10.8 Å². The zero-order chi connectivity index (χ0) is 15.0. The van der Waals surface area contributed by atoms with Gasteiger partial charge in [0.2, 0.25) is 0 Å². The van der Waals surface area contributed by atoms with Gasteiger partial charge in [-0.3, -0.25) is 4.68 Å². The third-order valence-electron chi connectivity index (χ3n) is 3.46. The van der Waals surface area contributed by atoms with E-state index in [9.17, 15) is 5.11 Å². The number of phenolic OH excluding ortho intramolecular Hbond substituents is 1. The van der Waals surface area contributed by atoms with E-state index in [1.165, 1.54) is 0 Å². The number of aryl methyl sites for hydroxylation is 2. The molecule has 0 saturated heterocycles. The molecule has 106 valence electrons. The maximum absolute atomic E-state index is 10.1. The van der Waals surface area contributed by atoms with Crippen molar-refractivity contribution in [3.8, 4) is 28.1 Å². The van der Waals surface area contributed by atoms with Crippen molar-refractivity contribution >= 4 is 5.69 Å². The molecule has 3 rings (SSSR count). The number of rotatable bonds is 2. The van der Waals surface area contributed by atoms with E-state index in [4.69, 9.17) is 5.73 Å². The van der Waals surface area contributed by atoms with Crippen molar-refractivity contribution in [1.82, 2.24) is 9.78 Å². The molecule has 3 N–H and O–H groups in total. The highest BCUT2D eigenvalue weighted by Crippen LogP contribution is 2.36. The SMILES string of the molecule is Cc1ccc(O)c(-c2nn(C)cc2-c2ccc(N)cc2)c1. The molecule has 0 aliphatic heterocycles. The highest BCUT2D eigenvalue weighted by molar-refractivity contribution is 5.83. The van der Waals surface area contributed by atoms with Crippen molar-refractivity contribution in [2.24, 2.45) is 7.05 Å². The lowest BCUT2D eigenvalue weighted by atomic mass is 10.00. The van der Waals surface area contributed by atoms with Gasteiger partial charge in [-0.1, -0.05) is 23.8 Å². The minimum absolute atomic E-state index is 0.232. The van der Waals surface area contributed by atoms with Crippen LogP contribution in [0.25, 0.3) is 22.4 Å². The van der Waals surface area contributed by atoms with Crippen LogP contribution in [-0.4, -0.2) is 14.9 Å². The van der Waals surface area contributed by atoms with E-state index < -0.39 is 0 Å².